The zero-order valence-electron chi connectivity index (χ0n) is 11.5. The monoisotopic (exact) mass is 302 g/mol. The molecule has 0 unspecified atom stereocenters. The Morgan fingerprint density at radius 2 is 2.35 bits per heavy atom. The highest BCUT2D eigenvalue weighted by Gasteiger charge is 2.33. The van der Waals surface area contributed by atoms with E-state index in [0.29, 0.717) is 30.8 Å². The number of sulfonamides is 1. The van der Waals surface area contributed by atoms with Gasteiger partial charge in [-0.25, -0.2) is 12.7 Å². The zero-order chi connectivity index (χ0) is 14.8. The van der Waals surface area contributed by atoms with Crippen LogP contribution in [0.15, 0.2) is 10.6 Å². The molecule has 2 heterocycles. The highest BCUT2D eigenvalue weighted by atomic mass is 32.2. The molecule has 112 valence electrons. The molecule has 8 heteroatoms. The molecule has 7 nitrogen and oxygen atoms in total. The number of nitrogens with zero attached hydrogens (tertiary/aromatic N) is 2. The quantitative estimate of drug-likeness (QED) is 0.760. The molecule has 20 heavy (non-hydrogen) atoms. The highest BCUT2D eigenvalue weighted by molar-refractivity contribution is 7.88. The van der Waals surface area contributed by atoms with Crippen molar-refractivity contribution in [2.24, 2.45) is 5.92 Å². The first-order chi connectivity index (χ1) is 9.42. The fourth-order valence-corrected chi connectivity index (χ4v) is 3.82. The average Bonchev–Trinajstić information content (AvgIpc) is 2.82. The summed E-state index contributed by atoms with van der Waals surface area (Å²) in [6, 6.07) is 1.60. The minimum absolute atomic E-state index is 0.172. The fraction of sp³-hybridized carbons (Fsp3) is 0.667. The number of carbonyl (C=O) groups excluding carboxylic acids is 1. The summed E-state index contributed by atoms with van der Waals surface area (Å²) in [6.07, 6.45) is 1.30. The SMILES string of the molecule is COC(=O)[C@H]1CCCN(S(=O)(=O)Cc2cc(C)on2)C1. The Kier molecular flexibility index (Phi) is 4.44. The topological polar surface area (TPSA) is 89.7 Å². The Bertz CT molecular complexity index is 580. The summed E-state index contributed by atoms with van der Waals surface area (Å²) in [7, 11) is -2.18. The molecule has 1 aromatic rings. The predicted molar refractivity (Wildman–Crippen MR) is 70.2 cm³/mol. The number of aryl methyl sites for hydroxylation is 1. The summed E-state index contributed by atoms with van der Waals surface area (Å²) >= 11 is 0. The summed E-state index contributed by atoms with van der Waals surface area (Å²) in [5.41, 5.74) is 0.377. The molecule has 0 aromatic carbocycles. The molecule has 0 amide bonds. The number of rotatable bonds is 4. The van der Waals surface area contributed by atoms with Gasteiger partial charge < -0.3 is 9.26 Å². The lowest BCUT2D eigenvalue weighted by molar-refractivity contribution is -0.146. The van der Waals surface area contributed by atoms with Crippen molar-refractivity contribution in [2.45, 2.75) is 25.5 Å². The number of esters is 1. The summed E-state index contributed by atoms with van der Waals surface area (Å²) in [6.45, 7) is 2.30. The van der Waals surface area contributed by atoms with E-state index in [0.717, 1.165) is 0 Å². The van der Waals surface area contributed by atoms with Crippen LogP contribution in [0.2, 0.25) is 0 Å². The summed E-state index contributed by atoms with van der Waals surface area (Å²) in [4.78, 5) is 11.5. The molecule has 2 rings (SSSR count). The van der Waals surface area contributed by atoms with Crippen molar-refractivity contribution >= 4 is 16.0 Å². The maximum Gasteiger partial charge on any atom is 0.309 e. The lowest BCUT2D eigenvalue weighted by Gasteiger charge is -2.30. The molecule has 0 bridgehead atoms. The Labute approximate surface area is 117 Å². The van der Waals surface area contributed by atoms with Crippen LogP contribution in [0.3, 0.4) is 0 Å². The van der Waals surface area contributed by atoms with E-state index in [1.54, 1.807) is 13.0 Å². The van der Waals surface area contributed by atoms with E-state index in [2.05, 4.69) is 9.89 Å². The lowest BCUT2D eigenvalue weighted by atomic mass is 10.0. The summed E-state index contributed by atoms with van der Waals surface area (Å²) in [5.74, 6) is -0.385. The summed E-state index contributed by atoms with van der Waals surface area (Å²) in [5, 5.41) is 3.69. The van der Waals surface area contributed by atoms with Crippen molar-refractivity contribution in [3.8, 4) is 0 Å². The number of aromatic nitrogens is 1. The first-order valence-corrected chi connectivity index (χ1v) is 8.01. The molecule has 1 saturated heterocycles. The van der Waals surface area contributed by atoms with Gasteiger partial charge in [-0.05, 0) is 19.8 Å². The predicted octanol–water partition coefficient (Wildman–Crippen LogP) is 0.698. The van der Waals surface area contributed by atoms with Crippen molar-refractivity contribution in [1.29, 1.82) is 0 Å². The van der Waals surface area contributed by atoms with Crippen LogP contribution in [-0.2, 0) is 25.3 Å². The van der Waals surface area contributed by atoms with Crippen molar-refractivity contribution < 1.29 is 22.5 Å². The van der Waals surface area contributed by atoms with Crippen LogP contribution in [0, 0.1) is 12.8 Å². The van der Waals surface area contributed by atoms with Gasteiger partial charge in [0.1, 0.15) is 17.2 Å². The molecule has 1 aromatic heterocycles. The Morgan fingerprint density at radius 1 is 1.60 bits per heavy atom. The van der Waals surface area contributed by atoms with Crippen LogP contribution in [0.1, 0.15) is 24.3 Å². The molecule has 1 atom stereocenters. The van der Waals surface area contributed by atoms with E-state index >= 15 is 0 Å². The molecule has 0 aliphatic carbocycles. The molecule has 1 aliphatic heterocycles. The second kappa shape index (κ2) is 5.92. The number of ether oxygens (including phenoxy) is 1. The van der Waals surface area contributed by atoms with E-state index in [1.807, 2.05) is 0 Å². The van der Waals surface area contributed by atoms with Crippen molar-refractivity contribution in [2.75, 3.05) is 20.2 Å². The third-order valence-corrected chi connectivity index (χ3v) is 5.10. The van der Waals surface area contributed by atoms with E-state index in [9.17, 15) is 13.2 Å². The number of hydrogen-bond donors (Lipinski definition) is 0. The van der Waals surface area contributed by atoms with Gasteiger partial charge in [0.05, 0.1) is 13.0 Å². The van der Waals surface area contributed by atoms with E-state index < -0.39 is 10.0 Å². The zero-order valence-corrected chi connectivity index (χ0v) is 12.4. The molecule has 1 aliphatic rings. The molecular formula is C12H18N2O5S. The van der Waals surface area contributed by atoms with E-state index in [4.69, 9.17) is 4.52 Å². The molecule has 0 spiro atoms. The van der Waals surface area contributed by atoms with Gasteiger partial charge in [0, 0.05) is 19.2 Å². The van der Waals surface area contributed by atoms with Gasteiger partial charge in [-0.1, -0.05) is 5.16 Å². The summed E-state index contributed by atoms with van der Waals surface area (Å²) < 4.78 is 35.5. The van der Waals surface area contributed by atoms with Gasteiger partial charge in [0.2, 0.25) is 10.0 Å². The van der Waals surface area contributed by atoms with Gasteiger partial charge in [0.25, 0.3) is 0 Å². The minimum Gasteiger partial charge on any atom is -0.469 e. The van der Waals surface area contributed by atoms with Crippen molar-refractivity contribution in [3.05, 3.63) is 17.5 Å². The normalized spacial score (nSPS) is 20.8. The second-order valence-corrected chi connectivity index (χ2v) is 6.87. The van der Waals surface area contributed by atoms with E-state index in [1.165, 1.54) is 11.4 Å². The third-order valence-electron chi connectivity index (χ3n) is 3.32. The van der Waals surface area contributed by atoms with Gasteiger partial charge >= 0.3 is 5.97 Å². The number of piperidine rings is 1. The largest absolute Gasteiger partial charge is 0.469 e. The standard InChI is InChI=1S/C12H18N2O5S/c1-9-6-11(13-19-9)8-20(16,17)14-5-3-4-10(7-14)12(15)18-2/h6,10H,3-5,7-8H2,1-2H3/t10-/m0/s1. The smallest absolute Gasteiger partial charge is 0.309 e. The van der Waals surface area contributed by atoms with Gasteiger partial charge in [0.15, 0.2) is 0 Å². The lowest BCUT2D eigenvalue weighted by Crippen LogP contribution is -2.43. The minimum atomic E-state index is -3.49. The number of methoxy groups -OCH3 is 1. The first-order valence-electron chi connectivity index (χ1n) is 6.40. The van der Waals surface area contributed by atoms with Gasteiger partial charge in [-0.15, -0.1) is 0 Å². The van der Waals surface area contributed by atoms with Gasteiger partial charge in [-0.2, -0.15) is 0 Å². The highest BCUT2D eigenvalue weighted by Crippen LogP contribution is 2.22. The van der Waals surface area contributed by atoms with Crippen LogP contribution in [-0.4, -0.2) is 44.0 Å². The number of carbonyl (C=O) groups is 1. The molecular weight excluding hydrogens is 284 g/mol. The van der Waals surface area contributed by atoms with E-state index in [-0.39, 0.29) is 24.2 Å². The molecule has 1 fully saturated rings. The fourth-order valence-electron chi connectivity index (χ4n) is 2.32. The van der Waals surface area contributed by atoms with Crippen molar-refractivity contribution in [1.82, 2.24) is 9.46 Å². The van der Waals surface area contributed by atoms with Crippen LogP contribution in [0.4, 0.5) is 0 Å². The van der Waals surface area contributed by atoms with Crippen LogP contribution < -0.4 is 0 Å². The molecule has 0 saturated carbocycles. The third kappa shape index (κ3) is 3.37. The first kappa shape index (κ1) is 15.0. The maximum absolute atomic E-state index is 12.3. The Morgan fingerprint density at radius 3 is 2.95 bits per heavy atom. The molecule has 0 radical (unpaired) electrons. The van der Waals surface area contributed by atoms with Crippen LogP contribution >= 0.6 is 0 Å². The second-order valence-electron chi connectivity index (χ2n) is 4.91. The number of hydrogen-bond acceptors (Lipinski definition) is 6. The van der Waals surface area contributed by atoms with Crippen LogP contribution in [0.25, 0.3) is 0 Å². The molecule has 0 N–H and O–H groups in total. The van der Waals surface area contributed by atoms with Crippen LogP contribution in [0.5, 0.6) is 0 Å². The maximum atomic E-state index is 12.3. The van der Waals surface area contributed by atoms with Gasteiger partial charge in [-0.3, -0.25) is 4.79 Å². The Hall–Kier alpha value is -1.41. The Balaban J connectivity index is 2.07. The average molecular weight is 302 g/mol. The van der Waals surface area contributed by atoms with Crippen molar-refractivity contribution in [3.63, 3.8) is 0 Å².